The Kier molecular flexibility index (Phi) is 5.11. The van der Waals surface area contributed by atoms with Crippen molar-refractivity contribution in [3.63, 3.8) is 0 Å². The molecule has 0 bridgehead atoms. The zero-order valence-electron chi connectivity index (χ0n) is 13.5. The van der Waals surface area contributed by atoms with Gasteiger partial charge in [-0.25, -0.2) is 0 Å². The lowest BCUT2D eigenvalue weighted by Crippen LogP contribution is -2.43. The highest BCUT2D eigenvalue weighted by Gasteiger charge is 2.27. The largest absolute Gasteiger partial charge is 0.379 e. The van der Waals surface area contributed by atoms with E-state index in [2.05, 4.69) is 36.1 Å². The Labute approximate surface area is 133 Å². The smallest absolute Gasteiger partial charge is 0.222 e. The van der Waals surface area contributed by atoms with Crippen molar-refractivity contribution in [1.29, 1.82) is 0 Å². The van der Waals surface area contributed by atoms with Gasteiger partial charge in [-0.15, -0.1) is 0 Å². The second kappa shape index (κ2) is 7.25. The number of likely N-dealkylation sites (tertiary alicyclic amines) is 1. The molecule has 4 heteroatoms. The van der Waals surface area contributed by atoms with Crippen molar-refractivity contribution >= 4 is 5.91 Å². The van der Waals surface area contributed by atoms with Crippen LogP contribution in [0.2, 0.25) is 0 Å². The lowest BCUT2D eigenvalue weighted by atomic mass is 10.1. The number of hydrogen-bond acceptors (Lipinski definition) is 3. The number of carbonyl (C=O) groups excluding carboxylic acids is 1. The molecule has 2 fully saturated rings. The van der Waals surface area contributed by atoms with Crippen LogP contribution in [0.5, 0.6) is 0 Å². The molecule has 1 aromatic carbocycles. The fourth-order valence-corrected chi connectivity index (χ4v) is 3.53. The molecule has 0 saturated carbocycles. The third kappa shape index (κ3) is 3.87. The second-order valence-electron chi connectivity index (χ2n) is 6.43. The number of nitrogens with zero attached hydrogens (tertiary/aromatic N) is 2. The zero-order valence-corrected chi connectivity index (χ0v) is 13.5. The summed E-state index contributed by atoms with van der Waals surface area (Å²) < 4.78 is 5.44. The first kappa shape index (κ1) is 15.5. The summed E-state index contributed by atoms with van der Waals surface area (Å²) in [6, 6.07) is 9.00. The van der Waals surface area contributed by atoms with Crippen LogP contribution < -0.4 is 0 Å². The first-order valence-electron chi connectivity index (χ1n) is 8.37. The summed E-state index contributed by atoms with van der Waals surface area (Å²) in [5, 5.41) is 0. The Hall–Kier alpha value is -1.39. The van der Waals surface area contributed by atoms with Crippen molar-refractivity contribution in [3.8, 4) is 0 Å². The molecule has 0 aliphatic carbocycles. The highest BCUT2D eigenvalue weighted by Crippen LogP contribution is 2.20. The predicted octanol–water partition coefficient (Wildman–Crippen LogP) is 2.21. The lowest BCUT2D eigenvalue weighted by molar-refractivity contribution is -0.131. The molecule has 1 unspecified atom stereocenters. The number of amides is 1. The van der Waals surface area contributed by atoms with Crippen molar-refractivity contribution in [2.75, 3.05) is 32.8 Å². The van der Waals surface area contributed by atoms with E-state index in [0.717, 1.165) is 52.2 Å². The molecule has 2 saturated heterocycles. The normalized spacial score (nSPS) is 24.3. The summed E-state index contributed by atoms with van der Waals surface area (Å²) in [4.78, 5) is 17.0. The van der Waals surface area contributed by atoms with Gasteiger partial charge in [0.1, 0.15) is 0 Å². The first-order valence-corrected chi connectivity index (χ1v) is 8.37. The minimum atomic E-state index is 0.303. The average Bonchev–Trinajstić information content (AvgIpc) is 2.71. The Morgan fingerprint density at radius 2 is 2.00 bits per heavy atom. The molecule has 4 nitrogen and oxygen atoms in total. The quantitative estimate of drug-likeness (QED) is 0.858. The maximum Gasteiger partial charge on any atom is 0.222 e. The van der Waals surface area contributed by atoms with Gasteiger partial charge >= 0.3 is 0 Å². The van der Waals surface area contributed by atoms with Gasteiger partial charge in [0.25, 0.3) is 0 Å². The molecule has 2 aliphatic heterocycles. The van der Waals surface area contributed by atoms with E-state index in [4.69, 9.17) is 4.74 Å². The molecule has 0 radical (unpaired) electrons. The van der Waals surface area contributed by atoms with E-state index < -0.39 is 0 Å². The van der Waals surface area contributed by atoms with E-state index >= 15 is 0 Å². The lowest BCUT2D eigenvalue weighted by Gasteiger charge is -2.33. The van der Waals surface area contributed by atoms with Crippen LogP contribution in [0, 0.1) is 6.92 Å². The van der Waals surface area contributed by atoms with Crippen LogP contribution in [0.4, 0.5) is 0 Å². The second-order valence-corrected chi connectivity index (χ2v) is 6.43. The highest BCUT2D eigenvalue weighted by atomic mass is 16.5. The molecular weight excluding hydrogens is 276 g/mol. The van der Waals surface area contributed by atoms with Gasteiger partial charge in [-0.3, -0.25) is 9.69 Å². The minimum Gasteiger partial charge on any atom is -0.379 e. The van der Waals surface area contributed by atoms with Crippen molar-refractivity contribution in [2.45, 2.75) is 38.8 Å². The van der Waals surface area contributed by atoms with Crippen LogP contribution in [-0.4, -0.2) is 54.6 Å². The maximum absolute atomic E-state index is 12.4. The zero-order chi connectivity index (χ0) is 15.4. The van der Waals surface area contributed by atoms with Gasteiger partial charge < -0.3 is 9.64 Å². The molecule has 22 heavy (non-hydrogen) atoms. The topological polar surface area (TPSA) is 32.8 Å². The summed E-state index contributed by atoms with van der Waals surface area (Å²) >= 11 is 0. The number of hydrogen-bond donors (Lipinski definition) is 0. The molecule has 2 aliphatic rings. The number of carbonyl (C=O) groups is 1. The molecule has 1 amide bonds. The van der Waals surface area contributed by atoms with Crippen molar-refractivity contribution < 1.29 is 9.53 Å². The molecular formula is C18H26N2O2. The highest BCUT2D eigenvalue weighted by molar-refractivity contribution is 5.76. The average molecular weight is 302 g/mol. The van der Waals surface area contributed by atoms with E-state index in [-0.39, 0.29) is 0 Å². The van der Waals surface area contributed by atoms with E-state index in [1.54, 1.807) is 0 Å². The maximum atomic E-state index is 12.4. The third-order valence-corrected chi connectivity index (χ3v) is 4.79. The number of ether oxygens (including phenoxy) is 1. The fraction of sp³-hybridized carbons (Fsp3) is 0.611. The summed E-state index contributed by atoms with van der Waals surface area (Å²) in [7, 11) is 0. The van der Waals surface area contributed by atoms with Crippen LogP contribution in [0.25, 0.3) is 0 Å². The van der Waals surface area contributed by atoms with Gasteiger partial charge in [0.15, 0.2) is 0 Å². The summed E-state index contributed by atoms with van der Waals surface area (Å²) in [5.41, 5.74) is 2.49. The molecule has 0 aromatic heterocycles. The standard InChI is InChI=1S/C18H26N2O2/c1-15-3-2-4-16(13-15)14-20-8-7-17(5-6-18(20)21)19-9-11-22-12-10-19/h2-4,13,17H,5-12,14H2,1H3. The third-order valence-electron chi connectivity index (χ3n) is 4.79. The minimum absolute atomic E-state index is 0.303. The first-order chi connectivity index (χ1) is 10.7. The van der Waals surface area contributed by atoms with Gasteiger partial charge in [-0.2, -0.15) is 0 Å². The Bertz CT molecular complexity index is 512. The fourth-order valence-electron chi connectivity index (χ4n) is 3.53. The molecule has 3 rings (SSSR count). The molecule has 2 heterocycles. The van der Waals surface area contributed by atoms with Gasteiger partial charge in [0, 0.05) is 38.6 Å². The van der Waals surface area contributed by atoms with Gasteiger partial charge in [-0.05, 0) is 25.3 Å². The van der Waals surface area contributed by atoms with Crippen molar-refractivity contribution in [1.82, 2.24) is 9.80 Å². The number of aryl methyl sites for hydroxylation is 1. The number of rotatable bonds is 3. The SMILES string of the molecule is Cc1cccc(CN2CCC(N3CCOCC3)CCC2=O)c1. The monoisotopic (exact) mass is 302 g/mol. The Morgan fingerprint density at radius 1 is 1.18 bits per heavy atom. The Balaban J connectivity index is 1.60. The van der Waals surface area contributed by atoms with Crippen molar-refractivity contribution in [3.05, 3.63) is 35.4 Å². The van der Waals surface area contributed by atoms with E-state index in [0.29, 0.717) is 18.4 Å². The van der Waals surface area contributed by atoms with E-state index in [1.165, 1.54) is 11.1 Å². The molecule has 0 spiro atoms. The predicted molar refractivity (Wildman–Crippen MR) is 86.6 cm³/mol. The van der Waals surface area contributed by atoms with Crippen LogP contribution in [0.3, 0.4) is 0 Å². The van der Waals surface area contributed by atoms with Gasteiger partial charge in [0.2, 0.25) is 5.91 Å². The summed E-state index contributed by atoms with van der Waals surface area (Å²) in [6.45, 7) is 7.40. The summed E-state index contributed by atoms with van der Waals surface area (Å²) in [5.74, 6) is 0.303. The summed E-state index contributed by atoms with van der Waals surface area (Å²) in [6.07, 6.45) is 2.74. The molecule has 1 aromatic rings. The van der Waals surface area contributed by atoms with Gasteiger partial charge in [0.05, 0.1) is 13.2 Å². The van der Waals surface area contributed by atoms with Crippen LogP contribution in [0.15, 0.2) is 24.3 Å². The van der Waals surface area contributed by atoms with Gasteiger partial charge in [-0.1, -0.05) is 29.8 Å². The van der Waals surface area contributed by atoms with E-state index in [9.17, 15) is 4.79 Å². The van der Waals surface area contributed by atoms with Crippen molar-refractivity contribution in [2.24, 2.45) is 0 Å². The van der Waals surface area contributed by atoms with Crippen LogP contribution in [0.1, 0.15) is 30.4 Å². The molecule has 0 N–H and O–H groups in total. The molecule has 120 valence electrons. The molecule has 1 atom stereocenters. The van der Waals surface area contributed by atoms with Crippen LogP contribution >= 0.6 is 0 Å². The number of benzene rings is 1. The van der Waals surface area contributed by atoms with Crippen LogP contribution in [-0.2, 0) is 16.1 Å². The Morgan fingerprint density at radius 3 is 2.77 bits per heavy atom. The van der Waals surface area contributed by atoms with E-state index in [1.807, 2.05) is 4.90 Å². The number of morpholine rings is 1.